The Morgan fingerprint density at radius 2 is 1.87 bits per heavy atom. The maximum absolute atomic E-state index is 13.0. The van der Waals surface area contributed by atoms with Gasteiger partial charge in [0.1, 0.15) is 5.75 Å². The van der Waals surface area contributed by atoms with Gasteiger partial charge in [-0.15, -0.1) is 0 Å². The highest BCUT2D eigenvalue weighted by molar-refractivity contribution is 7.99. The lowest BCUT2D eigenvalue weighted by Crippen LogP contribution is -2.29. The van der Waals surface area contributed by atoms with Gasteiger partial charge in [-0.3, -0.25) is 14.2 Å². The van der Waals surface area contributed by atoms with E-state index in [2.05, 4.69) is 18.8 Å². The number of para-hydroxylation sites is 2. The summed E-state index contributed by atoms with van der Waals surface area (Å²) in [5, 5.41) is 1.17. The molecule has 30 heavy (non-hydrogen) atoms. The molecular weight excluding hydrogens is 398 g/mol. The van der Waals surface area contributed by atoms with Crippen LogP contribution in [-0.4, -0.2) is 40.3 Å². The zero-order valence-corrected chi connectivity index (χ0v) is 18.6. The van der Waals surface area contributed by atoms with Crippen LogP contribution in [-0.2, 0) is 17.9 Å². The third kappa shape index (κ3) is 5.02. The van der Waals surface area contributed by atoms with Gasteiger partial charge in [0.05, 0.1) is 23.8 Å². The average Bonchev–Trinajstić information content (AvgIpc) is 2.74. The topological polar surface area (TPSA) is 64.4 Å². The number of aromatic nitrogens is 2. The van der Waals surface area contributed by atoms with Gasteiger partial charge in [0.25, 0.3) is 5.56 Å². The van der Waals surface area contributed by atoms with Crippen LogP contribution in [0.15, 0.2) is 58.5 Å². The molecule has 1 heterocycles. The van der Waals surface area contributed by atoms with E-state index in [9.17, 15) is 9.59 Å². The molecule has 0 N–H and O–H groups in total. The van der Waals surface area contributed by atoms with E-state index in [-0.39, 0.29) is 23.1 Å². The van der Waals surface area contributed by atoms with Crippen molar-refractivity contribution in [2.75, 3.05) is 19.9 Å². The van der Waals surface area contributed by atoms with E-state index in [4.69, 9.17) is 4.74 Å². The lowest BCUT2D eigenvalue weighted by Gasteiger charge is -2.19. The van der Waals surface area contributed by atoms with Crippen LogP contribution in [0.3, 0.4) is 0 Å². The van der Waals surface area contributed by atoms with Crippen LogP contribution >= 0.6 is 11.8 Å². The third-order valence-corrected chi connectivity index (χ3v) is 5.69. The molecule has 158 valence electrons. The van der Waals surface area contributed by atoms with Crippen LogP contribution in [0.2, 0.25) is 0 Å². The van der Waals surface area contributed by atoms with Gasteiger partial charge in [-0.2, -0.15) is 0 Å². The molecule has 0 aliphatic heterocycles. The summed E-state index contributed by atoms with van der Waals surface area (Å²) in [4.78, 5) is 32.1. The predicted molar refractivity (Wildman–Crippen MR) is 121 cm³/mol. The van der Waals surface area contributed by atoms with Crippen LogP contribution in [0.5, 0.6) is 5.75 Å². The molecule has 1 amide bonds. The fourth-order valence-electron chi connectivity index (χ4n) is 3.20. The molecule has 0 fully saturated rings. The van der Waals surface area contributed by atoms with Crippen LogP contribution in [0.4, 0.5) is 0 Å². The van der Waals surface area contributed by atoms with Gasteiger partial charge in [0.15, 0.2) is 5.16 Å². The Morgan fingerprint density at radius 1 is 1.17 bits per heavy atom. The van der Waals surface area contributed by atoms with Crippen molar-refractivity contribution < 1.29 is 9.53 Å². The van der Waals surface area contributed by atoms with Crippen molar-refractivity contribution in [3.63, 3.8) is 0 Å². The standard InChI is InChI=1S/C23H27N3O3S/c1-16(2)13-26-22(28)18-10-6-7-11-19(18)24-23(26)30-15-21(27)25(3)14-17-9-5-8-12-20(17)29-4/h5-12,16H,13-15H2,1-4H3. The van der Waals surface area contributed by atoms with Crippen LogP contribution in [0.1, 0.15) is 19.4 Å². The van der Waals surface area contributed by atoms with Gasteiger partial charge in [-0.25, -0.2) is 4.98 Å². The summed E-state index contributed by atoms with van der Waals surface area (Å²) < 4.78 is 7.06. The zero-order chi connectivity index (χ0) is 21.7. The molecule has 0 saturated carbocycles. The van der Waals surface area contributed by atoms with E-state index in [0.717, 1.165) is 11.3 Å². The molecule has 0 unspecified atom stereocenters. The quantitative estimate of drug-likeness (QED) is 0.406. The van der Waals surface area contributed by atoms with Crippen molar-refractivity contribution in [3.05, 3.63) is 64.4 Å². The maximum atomic E-state index is 13.0. The summed E-state index contributed by atoms with van der Waals surface area (Å²) in [6.45, 7) is 5.13. The van der Waals surface area contributed by atoms with Gasteiger partial charge < -0.3 is 9.64 Å². The molecule has 0 radical (unpaired) electrons. The number of benzene rings is 2. The summed E-state index contributed by atoms with van der Waals surface area (Å²) in [5.74, 6) is 1.21. The smallest absolute Gasteiger partial charge is 0.262 e. The number of hydrogen-bond acceptors (Lipinski definition) is 5. The second-order valence-electron chi connectivity index (χ2n) is 7.57. The first-order valence-corrected chi connectivity index (χ1v) is 10.9. The Bertz CT molecular complexity index is 1090. The summed E-state index contributed by atoms with van der Waals surface area (Å²) in [6.07, 6.45) is 0. The number of carbonyl (C=O) groups excluding carboxylic acids is 1. The average molecular weight is 426 g/mol. The summed E-state index contributed by atoms with van der Waals surface area (Å²) in [5.41, 5.74) is 1.54. The molecule has 0 aliphatic rings. The molecule has 0 bridgehead atoms. The lowest BCUT2D eigenvalue weighted by atomic mass is 10.2. The highest BCUT2D eigenvalue weighted by Gasteiger charge is 2.17. The first kappa shape index (κ1) is 21.9. The molecule has 0 atom stereocenters. The minimum atomic E-state index is -0.0633. The molecule has 1 aromatic heterocycles. The van der Waals surface area contributed by atoms with E-state index in [1.165, 1.54) is 11.8 Å². The molecule has 0 spiro atoms. The molecule has 3 rings (SSSR count). The lowest BCUT2D eigenvalue weighted by molar-refractivity contribution is -0.127. The van der Waals surface area contributed by atoms with Crippen LogP contribution in [0, 0.1) is 5.92 Å². The number of ether oxygens (including phenoxy) is 1. The molecule has 2 aromatic carbocycles. The van der Waals surface area contributed by atoms with Gasteiger partial charge in [0, 0.05) is 25.7 Å². The van der Waals surface area contributed by atoms with Crippen molar-refractivity contribution >= 4 is 28.6 Å². The third-order valence-electron chi connectivity index (χ3n) is 4.72. The zero-order valence-electron chi connectivity index (χ0n) is 17.8. The molecule has 0 aliphatic carbocycles. The van der Waals surface area contributed by atoms with E-state index < -0.39 is 0 Å². The van der Waals surface area contributed by atoms with E-state index in [0.29, 0.717) is 29.1 Å². The van der Waals surface area contributed by atoms with Gasteiger partial charge in [0.2, 0.25) is 5.91 Å². The summed E-state index contributed by atoms with van der Waals surface area (Å²) in [6, 6.07) is 15.0. The monoisotopic (exact) mass is 425 g/mol. The van der Waals surface area contributed by atoms with Crippen LogP contribution < -0.4 is 10.3 Å². The first-order chi connectivity index (χ1) is 14.4. The molecule has 6 nitrogen and oxygen atoms in total. The number of fused-ring (bicyclic) bond motifs is 1. The van der Waals surface area contributed by atoms with E-state index in [1.54, 1.807) is 29.7 Å². The molecular formula is C23H27N3O3S. The maximum Gasteiger partial charge on any atom is 0.262 e. The number of amides is 1. The summed E-state index contributed by atoms with van der Waals surface area (Å²) in [7, 11) is 3.39. The van der Waals surface area contributed by atoms with Crippen molar-refractivity contribution in [3.8, 4) is 5.75 Å². The van der Waals surface area contributed by atoms with E-state index >= 15 is 0 Å². The van der Waals surface area contributed by atoms with Gasteiger partial charge >= 0.3 is 0 Å². The Balaban J connectivity index is 1.78. The molecule has 0 saturated heterocycles. The Morgan fingerprint density at radius 3 is 2.60 bits per heavy atom. The Hall–Kier alpha value is -2.80. The van der Waals surface area contributed by atoms with Crippen molar-refractivity contribution in [2.24, 2.45) is 5.92 Å². The van der Waals surface area contributed by atoms with Crippen molar-refractivity contribution in [1.82, 2.24) is 14.5 Å². The number of rotatable bonds is 8. The first-order valence-electron chi connectivity index (χ1n) is 9.89. The number of carbonyl (C=O) groups is 1. The minimum Gasteiger partial charge on any atom is -0.496 e. The Labute approximate surface area is 180 Å². The van der Waals surface area contributed by atoms with Crippen molar-refractivity contribution in [2.45, 2.75) is 32.1 Å². The SMILES string of the molecule is COc1ccccc1CN(C)C(=O)CSc1nc2ccccc2c(=O)n1CC(C)C. The van der Waals surface area contributed by atoms with Gasteiger partial charge in [-0.05, 0) is 24.1 Å². The van der Waals surface area contributed by atoms with Gasteiger partial charge in [-0.1, -0.05) is 55.9 Å². The second-order valence-corrected chi connectivity index (χ2v) is 8.51. The second kappa shape index (κ2) is 9.80. The number of methoxy groups -OCH3 is 1. The normalized spacial score (nSPS) is 11.1. The predicted octanol–water partition coefficient (Wildman–Crippen LogP) is 3.81. The fourth-order valence-corrected chi connectivity index (χ4v) is 4.15. The largest absolute Gasteiger partial charge is 0.496 e. The number of hydrogen-bond donors (Lipinski definition) is 0. The Kier molecular flexibility index (Phi) is 7.15. The fraction of sp³-hybridized carbons (Fsp3) is 0.348. The highest BCUT2D eigenvalue weighted by atomic mass is 32.2. The molecule has 7 heteroatoms. The van der Waals surface area contributed by atoms with Crippen molar-refractivity contribution in [1.29, 1.82) is 0 Å². The van der Waals surface area contributed by atoms with E-state index in [1.807, 2.05) is 42.5 Å². The summed E-state index contributed by atoms with van der Waals surface area (Å²) >= 11 is 1.30. The minimum absolute atomic E-state index is 0.0376. The molecule has 3 aromatic rings. The van der Waals surface area contributed by atoms with Crippen LogP contribution in [0.25, 0.3) is 10.9 Å². The highest BCUT2D eigenvalue weighted by Crippen LogP contribution is 2.21. The number of thioether (sulfide) groups is 1. The number of nitrogens with zero attached hydrogens (tertiary/aromatic N) is 3.